The first-order valence-electron chi connectivity index (χ1n) is 5.43. The van der Waals surface area contributed by atoms with E-state index in [0.717, 1.165) is 16.3 Å². The summed E-state index contributed by atoms with van der Waals surface area (Å²) in [7, 11) is 2.62. The maximum Gasteiger partial charge on any atom is 0.0711 e. The van der Waals surface area contributed by atoms with Gasteiger partial charge in [0.05, 0.1) is 10.2 Å². The molecule has 0 saturated heterocycles. The lowest BCUT2D eigenvalue weighted by atomic mass is 10.2. The summed E-state index contributed by atoms with van der Waals surface area (Å²) >= 11 is 0. The molecule has 2 aromatic rings. The fraction of sp³-hybridized carbons (Fsp3) is 0.143. The van der Waals surface area contributed by atoms with Crippen molar-refractivity contribution < 1.29 is 4.21 Å². The number of hydrogen-bond acceptors (Lipinski definition) is 1. The quantitative estimate of drug-likeness (QED) is 0.765. The summed E-state index contributed by atoms with van der Waals surface area (Å²) in [5.41, 5.74) is 2.23. The van der Waals surface area contributed by atoms with Gasteiger partial charge in [0, 0.05) is 22.3 Å². The van der Waals surface area contributed by atoms with Gasteiger partial charge in [0.25, 0.3) is 0 Å². The van der Waals surface area contributed by atoms with Crippen LogP contribution in [0.4, 0.5) is 0 Å². The molecule has 0 N–H and O–H groups in total. The minimum atomic E-state index is -0.852. The maximum atomic E-state index is 12.0. The smallest absolute Gasteiger partial charge is 0.0711 e. The zero-order valence-corrected chi connectivity index (χ0v) is 11.2. The molecule has 2 aromatic carbocycles. The molecule has 1 unspecified atom stereocenters. The maximum absolute atomic E-state index is 12.0. The van der Waals surface area contributed by atoms with Gasteiger partial charge in [-0.2, -0.15) is 0 Å². The number of rotatable bonds is 4. The van der Waals surface area contributed by atoms with Gasteiger partial charge in [-0.05, 0) is 11.1 Å². The summed E-state index contributed by atoms with van der Waals surface area (Å²) in [5.74, 6) is 1.22. The van der Waals surface area contributed by atoms with Crippen LogP contribution in [0, 0.1) is 0 Å². The Morgan fingerprint density at radius 1 is 0.882 bits per heavy atom. The van der Waals surface area contributed by atoms with Gasteiger partial charge in [-0.15, -0.1) is 0 Å². The van der Waals surface area contributed by atoms with Crippen LogP contribution in [0.1, 0.15) is 11.1 Å². The first-order chi connectivity index (χ1) is 8.24. The van der Waals surface area contributed by atoms with Crippen LogP contribution in [0.15, 0.2) is 54.6 Å². The second-order valence-corrected chi connectivity index (χ2v) is 5.95. The van der Waals surface area contributed by atoms with E-state index >= 15 is 0 Å². The highest BCUT2D eigenvalue weighted by molar-refractivity contribution is 7.83. The minimum absolute atomic E-state index is 0.604. The molecule has 85 valence electrons. The Labute approximate surface area is 108 Å². The highest BCUT2D eigenvalue weighted by Gasteiger charge is 2.03. The van der Waals surface area contributed by atoms with E-state index in [9.17, 15) is 4.21 Å². The van der Waals surface area contributed by atoms with Crippen molar-refractivity contribution >= 4 is 26.2 Å². The Bertz CT molecular complexity index is 511. The van der Waals surface area contributed by atoms with Crippen molar-refractivity contribution in [1.82, 2.24) is 0 Å². The normalized spacial score (nSPS) is 12.3. The molecular formula is C14H13OSSi. The predicted octanol–water partition coefficient (Wildman–Crippen LogP) is 1.93. The lowest BCUT2D eigenvalue weighted by molar-refractivity contribution is 0.682. The SMILES string of the molecule is O=S(Cc1ccccc1)Cc1cccc([Si])c1. The molecule has 0 spiro atoms. The molecule has 3 heteroatoms. The molecule has 0 heterocycles. The van der Waals surface area contributed by atoms with Crippen molar-refractivity contribution in [3.63, 3.8) is 0 Å². The van der Waals surface area contributed by atoms with Crippen LogP contribution in [0.3, 0.4) is 0 Å². The van der Waals surface area contributed by atoms with Crippen LogP contribution in [0.5, 0.6) is 0 Å². The average Bonchev–Trinajstić information content (AvgIpc) is 2.30. The van der Waals surface area contributed by atoms with E-state index in [-0.39, 0.29) is 0 Å². The molecule has 0 aliphatic heterocycles. The molecule has 0 fully saturated rings. The first kappa shape index (κ1) is 12.3. The van der Waals surface area contributed by atoms with Gasteiger partial charge < -0.3 is 0 Å². The Morgan fingerprint density at radius 2 is 1.53 bits per heavy atom. The van der Waals surface area contributed by atoms with E-state index in [1.54, 1.807) is 0 Å². The second-order valence-electron chi connectivity index (χ2n) is 3.91. The predicted molar refractivity (Wildman–Crippen MR) is 73.8 cm³/mol. The molecule has 0 aromatic heterocycles. The van der Waals surface area contributed by atoms with E-state index in [0.29, 0.717) is 11.5 Å². The van der Waals surface area contributed by atoms with E-state index in [1.165, 1.54) is 0 Å². The van der Waals surface area contributed by atoms with E-state index < -0.39 is 10.8 Å². The largest absolute Gasteiger partial charge is 0.259 e. The zero-order valence-electron chi connectivity index (χ0n) is 9.43. The van der Waals surface area contributed by atoms with Crippen LogP contribution < -0.4 is 5.19 Å². The molecule has 0 aliphatic carbocycles. The molecular weight excluding hydrogens is 244 g/mol. The van der Waals surface area contributed by atoms with Gasteiger partial charge in [-0.3, -0.25) is 4.21 Å². The average molecular weight is 257 g/mol. The van der Waals surface area contributed by atoms with Crippen molar-refractivity contribution in [2.24, 2.45) is 0 Å². The van der Waals surface area contributed by atoms with E-state index in [1.807, 2.05) is 54.6 Å². The molecule has 0 aliphatic rings. The van der Waals surface area contributed by atoms with Crippen molar-refractivity contribution in [2.45, 2.75) is 11.5 Å². The summed E-state index contributed by atoms with van der Waals surface area (Å²) in [5, 5.41) is 1.03. The Morgan fingerprint density at radius 3 is 2.24 bits per heavy atom. The Balaban J connectivity index is 1.98. The van der Waals surface area contributed by atoms with Crippen LogP contribution in [-0.4, -0.2) is 14.5 Å². The van der Waals surface area contributed by atoms with Gasteiger partial charge in [0.15, 0.2) is 0 Å². The summed E-state index contributed by atoms with van der Waals surface area (Å²) in [6.45, 7) is 0. The van der Waals surface area contributed by atoms with Crippen molar-refractivity contribution in [3.8, 4) is 0 Å². The second kappa shape index (κ2) is 5.94. The minimum Gasteiger partial charge on any atom is -0.259 e. The summed E-state index contributed by atoms with van der Waals surface area (Å²) in [6, 6.07) is 17.9. The molecule has 0 saturated carbocycles. The Kier molecular flexibility index (Phi) is 4.28. The molecule has 1 atom stereocenters. The van der Waals surface area contributed by atoms with Gasteiger partial charge >= 0.3 is 0 Å². The van der Waals surface area contributed by atoms with Crippen molar-refractivity contribution in [3.05, 3.63) is 65.7 Å². The third-order valence-electron chi connectivity index (χ3n) is 2.43. The highest BCUT2D eigenvalue weighted by atomic mass is 32.2. The topological polar surface area (TPSA) is 17.1 Å². The van der Waals surface area contributed by atoms with Crippen LogP contribution in [0.25, 0.3) is 0 Å². The third-order valence-corrected chi connectivity index (χ3v) is 4.05. The summed E-state index contributed by atoms with van der Waals surface area (Å²) in [4.78, 5) is 0. The van der Waals surface area contributed by atoms with Crippen molar-refractivity contribution in [1.29, 1.82) is 0 Å². The molecule has 17 heavy (non-hydrogen) atoms. The van der Waals surface area contributed by atoms with Gasteiger partial charge in [0.2, 0.25) is 0 Å². The molecule has 0 amide bonds. The zero-order chi connectivity index (χ0) is 12.1. The van der Waals surface area contributed by atoms with E-state index in [2.05, 4.69) is 10.2 Å². The summed E-state index contributed by atoms with van der Waals surface area (Å²) in [6.07, 6.45) is 0. The summed E-state index contributed by atoms with van der Waals surface area (Å²) < 4.78 is 12.0. The fourth-order valence-corrected chi connectivity index (χ4v) is 3.16. The van der Waals surface area contributed by atoms with Gasteiger partial charge in [0.1, 0.15) is 0 Å². The van der Waals surface area contributed by atoms with Crippen LogP contribution in [-0.2, 0) is 22.3 Å². The number of hydrogen-bond donors (Lipinski definition) is 0. The van der Waals surface area contributed by atoms with Crippen LogP contribution in [0.2, 0.25) is 0 Å². The lowest BCUT2D eigenvalue weighted by Crippen LogP contribution is -2.05. The molecule has 1 nitrogen and oxygen atoms in total. The number of benzene rings is 2. The molecule has 0 bridgehead atoms. The molecule has 2 rings (SSSR count). The van der Waals surface area contributed by atoms with E-state index in [4.69, 9.17) is 0 Å². The van der Waals surface area contributed by atoms with Crippen molar-refractivity contribution in [2.75, 3.05) is 0 Å². The standard InChI is InChI=1S/C14H13OSSi/c15-16(10-12-5-2-1-3-6-12)11-13-7-4-8-14(17)9-13/h1-9H,10-11H2. The highest BCUT2D eigenvalue weighted by Crippen LogP contribution is 2.07. The van der Waals surface area contributed by atoms with Crippen LogP contribution >= 0.6 is 0 Å². The monoisotopic (exact) mass is 257 g/mol. The van der Waals surface area contributed by atoms with Gasteiger partial charge in [-0.25, -0.2) is 0 Å². The Hall–Kier alpha value is -1.19. The lowest BCUT2D eigenvalue weighted by Gasteiger charge is -2.03. The molecule has 3 radical (unpaired) electrons. The fourth-order valence-electron chi connectivity index (χ4n) is 1.66. The third kappa shape index (κ3) is 3.95. The first-order valence-corrected chi connectivity index (χ1v) is 7.42. The van der Waals surface area contributed by atoms with Gasteiger partial charge in [-0.1, -0.05) is 59.8 Å².